The van der Waals surface area contributed by atoms with Crippen LogP contribution in [0, 0.1) is 11.8 Å². The van der Waals surface area contributed by atoms with Gasteiger partial charge in [-0.25, -0.2) is 0 Å². The Balaban J connectivity index is 1.30. The fraction of sp³-hybridized carbons (Fsp3) is 0.562. The lowest BCUT2D eigenvalue weighted by atomic mass is 9.77. The van der Waals surface area contributed by atoms with Gasteiger partial charge in [0.15, 0.2) is 0 Å². The molecule has 0 unspecified atom stereocenters. The van der Waals surface area contributed by atoms with Gasteiger partial charge < -0.3 is 0 Å². The molecule has 0 radical (unpaired) electrons. The van der Waals surface area contributed by atoms with Gasteiger partial charge in [0.05, 0.1) is 0 Å². The lowest BCUT2D eigenvalue weighted by Crippen LogP contribution is -2.13. The third-order valence-electron chi connectivity index (χ3n) is 8.40. The van der Waals surface area contributed by atoms with E-state index in [0.717, 1.165) is 23.7 Å². The van der Waals surface area contributed by atoms with Crippen LogP contribution in [0.2, 0.25) is 0 Å². The van der Waals surface area contributed by atoms with Gasteiger partial charge in [-0.05, 0) is 104 Å². The first-order chi connectivity index (χ1) is 15.8. The maximum atomic E-state index is 2.41. The zero-order chi connectivity index (χ0) is 22.2. The summed E-state index contributed by atoms with van der Waals surface area (Å²) >= 11 is 0. The van der Waals surface area contributed by atoms with Gasteiger partial charge in [0, 0.05) is 0 Å². The molecule has 0 atom stereocenters. The Morgan fingerprint density at radius 2 is 1.16 bits per heavy atom. The molecule has 172 valence electrons. The average molecular weight is 429 g/mol. The van der Waals surface area contributed by atoms with E-state index in [2.05, 4.69) is 74.5 Å². The fourth-order valence-corrected chi connectivity index (χ4v) is 6.28. The second-order valence-corrected chi connectivity index (χ2v) is 10.6. The minimum Gasteiger partial charge on any atom is -0.0914 e. The number of hydrogen-bond acceptors (Lipinski definition) is 0. The van der Waals surface area contributed by atoms with Crippen LogP contribution < -0.4 is 0 Å². The Morgan fingerprint density at radius 1 is 0.656 bits per heavy atom. The number of unbranched alkanes of at least 4 members (excludes halogenated alkanes) is 2. The van der Waals surface area contributed by atoms with Gasteiger partial charge in [-0.1, -0.05) is 93.3 Å². The van der Waals surface area contributed by atoms with Crippen LogP contribution in [0.5, 0.6) is 0 Å². The molecular weight excluding hydrogens is 384 g/mol. The normalized spacial score (nSPS) is 26.4. The van der Waals surface area contributed by atoms with E-state index in [4.69, 9.17) is 0 Å². The molecule has 0 aliphatic heterocycles. The van der Waals surface area contributed by atoms with Crippen LogP contribution in [-0.4, -0.2) is 0 Å². The number of hydrogen-bond donors (Lipinski definition) is 0. The molecule has 2 saturated carbocycles. The van der Waals surface area contributed by atoms with E-state index >= 15 is 0 Å². The first-order valence-corrected chi connectivity index (χ1v) is 13.6. The van der Waals surface area contributed by atoms with Crippen molar-refractivity contribution in [2.45, 2.75) is 103 Å². The second kappa shape index (κ2) is 11.9. The molecule has 0 spiro atoms. The molecule has 2 aromatic carbocycles. The number of allylic oxidation sites excluding steroid dienone is 2. The van der Waals surface area contributed by atoms with Gasteiger partial charge in [-0.15, -0.1) is 0 Å². The quantitative estimate of drug-likeness (QED) is 0.290. The highest BCUT2D eigenvalue weighted by atomic mass is 14.3. The van der Waals surface area contributed by atoms with Crippen LogP contribution in [-0.2, 0) is 0 Å². The average Bonchev–Trinajstić information content (AvgIpc) is 2.86. The van der Waals surface area contributed by atoms with Crippen LogP contribution in [0.15, 0.2) is 60.7 Å². The van der Waals surface area contributed by atoms with Crippen molar-refractivity contribution in [3.8, 4) is 11.1 Å². The Labute approximate surface area is 197 Å². The van der Waals surface area contributed by atoms with E-state index in [1.54, 1.807) is 11.1 Å². The maximum absolute atomic E-state index is 2.41. The zero-order valence-electron chi connectivity index (χ0n) is 20.6. The van der Waals surface area contributed by atoms with Crippen LogP contribution in [0.1, 0.15) is 114 Å². The van der Waals surface area contributed by atoms with Crippen molar-refractivity contribution < 1.29 is 0 Å². The summed E-state index contributed by atoms with van der Waals surface area (Å²) in [5, 5.41) is 0. The van der Waals surface area contributed by atoms with Gasteiger partial charge in [0.1, 0.15) is 0 Å². The monoisotopic (exact) mass is 428 g/mol. The minimum atomic E-state index is 0.755. The van der Waals surface area contributed by atoms with E-state index in [1.807, 2.05) is 0 Å². The standard InChI is InChI=1S/C32H44/c1-3-5-6-8-26-11-15-28(16-12-26)30-19-23-32(24-20-30)31-21-17-29(18-22-31)27-13-9-25(7-4-2)10-14-27/h4,7,17-28H,3,5-6,8-16H2,1-2H3/b7-4+. The highest BCUT2D eigenvalue weighted by molar-refractivity contribution is 5.64. The molecule has 2 aliphatic rings. The smallest absolute Gasteiger partial charge is 0.0162 e. The summed E-state index contributed by atoms with van der Waals surface area (Å²) in [5.41, 5.74) is 5.84. The fourth-order valence-electron chi connectivity index (χ4n) is 6.28. The predicted molar refractivity (Wildman–Crippen MR) is 140 cm³/mol. The molecule has 0 N–H and O–H groups in total. The molecule has 2 fully saturated rings. The molecular formula is C32H44. The van der Waals surface area contributed by atoms with E-state index in [0.29, 0.717) is 0 Å². The summed E-state index contributed by atoms with van der Waals surface area (Å²) in [4.78, 5) is 0. The van der Waals surface area contributed by atoms with Crippen LogP contribution in [0.25, 0.3) is 11.1 Å². The van der Waals surface area contributed by atoms with Gasteiger partial charge >= 0.3 is 0 Å². The maximum Gasteiger partial charge on any atom is -0.0162 e. The topological polar surface area (TPSA) is 0 Å². The number of rotatable bonds is 8. The summed E-state index contributed by atoms with van der Waals surface area (Å²) in [5.74, 6) is 3.34. The van der Waals surface area contributed by atoms with Crippen molar-refractivity contribution in [3.05, 3.63) is 71.8 Å². The molecule has 0 heteroatoms. The Bertz CT molecular complexity index is 809. The minimum absolute atomic E-state index is 0.755. The van der Waals surface area contributed by atoms with Crippen molar-refractivity contribution in [3.63, 3.8) is 0 Å². The SMILES string of the molecule is C/C=C/C1CCC(c2ccc(-c3ccc(C4CCC(CCCCC)CC4)cc3)cc2)CC1. The van der Waals surface area contributed by atoms with Gasteiger partial charge in [0.2, 0.25) is 0 Å². The Hall–Kier alpha value is -1.82. The van der Waals surface area contributed by atoms with Crippen molar-refractivity contribution in [2.24, 2.45) is 11.8 Å². The molecule has 2 aromatic rings. The van der Waals surface area contributed by atoms with E-state index in [-0.39, 0.29) is 0 Å². The van der Waals surface area contributed by atoms with Crippen molar-refractivity contribution in [1.29, 1.82) is 0 Å². The first kappa shape index (κ1) is 23.3. The summed E-state index contributed by atoms with van der Waals surface area (Å²) in [6.07, 6.45) is 21.3. The van der Waals surface area contributed by atoms with Crippen LogP contribution in [0.3, 0.4) is 0 Å². The molecule has 0 heterocycles. The lowest BCUT2D eigenvalue weighted by molar-refractivity contribution is 0.303. The number of benzene rings is 2. The van der Waals surface area contributed by atoms with Gasteiger partial charge in [-0.2, -0.15) is 0 Å². The second-order valence-electron chi connectivity index (χ2n) is 10.6. The summed E-state index contributed by atoms with van der Waals surface area (Å²) in [7, 11) is 0. The van der Waals surface area contributed by atoms with Crippen molar-refractivity contribution in [2.75, 3.05) is 0 Å². The molecule has 0 nitrogen and oxygen atoms in total. The van der Waals surface area contributed by atoms with Gasteiger partial charge in [-0.3, -0.25) is 0 Å². The molecule has 0 amide bonds. The first-order valence-electron chi connectivity index (χ1n) is 13.6. The summed E-state index contributed by atoms with van der Waals surface area (Å²) in [6.45, 7) is 4.46. The summed E-state index contributed by atoms with van der Waals surface area (Å²) in [6, 6.07) is 19.0. The van der Waals surface area contributed by atoms with E-state index in [9.17, 15) is 0 Å². The Kier molecular flexibility index (Phi) is 8.66. The molecule has 0 aromatic heterocycles. The largest absolute Gasteiger partial charge is 0.0914 e. The highest BCUT2D eigenvalue weighted by Crippen LogP contribution is 2.39. The molecule has 2 aliphatic carbocycles. The van der Waals surface area contributed by atoms with Crippen LogP contribution >= 0.6 is 0 Å². The zero-order valence-corrected chi connectivity index (χ0v) is 20.6. The van der Waals surface area contributed by atoms with Gasteiger partial charge in [0.25, 0.3) is 0 Å². The van der Waals surface area contributed by atoms with E-state index < -0.39 is 0 Å². The molecule has 0 saturated heterocycles. The summed E-state index contributed by atoms with van der Waals surface area (Å²) < 4.78 is 0. The highest BCUT2D eigenvalue weighted by Gasteiger charge is 2.22. The molecule has 0 bridgehead atoms. The molecule has 4 rings (SSSR count). The lowest BCUT2D eigenvalue weighted by Gasteiger charge is -2.29. The van der Waals surface area contributed by atoms with Crippen molar-refractivity contribution >= 4 is 0 Å². The van der Waals surface area contributed by atoms with Crippen LogP contribution in [0.4, 0.5) is 0 Å². The Morgan fingerprint density at radius 3 is 1.62 bits per heavy atom. The van der Waals surface area contributed by atoms with Crippen molar-refractivity contribution in [1.82, 2.24) is 0 Å². The molecule has 32 heavy (non-hydrogen) atoms. The predicted octanol–water partition coefficient (Wildman–Crippen LogP) is 10.1. The van der Waals surface area contributed by atoms with E-state index in [1.165, 1.54) is 88.2 Å². The third-order valence-corrected chi connectivity index (χ3v) is 8.40. The third kappa shape index (κ3) is 6.15.